The smallest absolute Gasteiger partial charge is 0.332 e. The third kappa shape index (κ3) is 3.32. The molecule has 1 amide bonds. The Labute approximate surface area is 120 Å². The Bertz CT molecular complexity index is 383. The number of hydrogen-bond donors (Lipinski definition) is 1. The number of rotatable bonds is 3. The van der Waals surface area contributed by atoms with Crippen molar-refractivity contribution in [2.75, 3.05) is 7.05 Å². The first-order valence-corrected chi connectivity index (χ1v) is 7.45. The number of nitrogens with zero attached hydrogens (tertiary/aromatic N) is 1. The van der Waals surface area contributed by atoms with Crippen LogP contribution in [-0.2, 0) is 14.3 Å². The summed E-state index contributed by atoms with van der Waals surface area (Å²) < 4.78 is 5.35. The molecule has 1 aliphatic carbocycles. The van der Waals surface area contributed by atoms with Crippen LogP contribution >= 0.6 is 0 Å². The van der Waals surface area contributed by atoms with Gasteiger partial charge in [0.1, 0.15) is 6.10 Å². The van der Waals surface area contributed by atoms with Gasteiger partial charge >= 0.3 is 5.97 Å². The van der Waals surface area contributed by atoms with Crippen molar-refractivity contribution in [3.05, 3.63) is 0 Å². The van der Waals surface area contributed by atoms with Gasteiger partial charge in [0, 0.05) is 13.1 Å². The molecule has 0 aromatic heterocycles. The molecule has 20 heavy (non-hydrogen) atoms. The minimum atomic E-state index is -0.970. The van der Waals surface area contributed by atoms with Crippen LogP contribution in [0.1, 0.15) is 52.4 Å². The topological polar surface area (TPSA) is 66.8 Å². The van der Waals surface area contributed by atoms with Gasteiger partial charge in [0.2, 0.25) is 0 Å². The van der Waals surface area contributed by atoms with E-state index in [0.29, 0.717) is 18.3 Å². The summed E-state index contributed by atoms with van der Waals surface area (Å²) in [6.45, 7) is 4.53. The second-order valence-electron chi connectivity index (χ2n) is 6.87. The number of amides is 1. The van der Waals surface area contributed by atoms with Crippen LogP contribution in [0.4, 0.5) is 0 Å². The average Bonchev–Trinajstić information content (AvgIpc) is 2.86. The number of aliphatic carboxylic acids is 1. The molecule has 0 bridgehead atoms. The van der Waals surface area contributed by atoms with Crippen LogP contribution in [-0.4, -0.2) is 47.2 Å². The van der Waals surface area contributed by atoms with Gasteiger partial charge in [0.25, 0.3) is 5.91 Å². The van der Waals surface area contributed by atoms with Crippen LogP contribution in [0.25, 0.3) is 0 Å². The van der Waals surface area contributed by atoms with Crippen molar-refractivity contribution in [2.45, 2.75) is 70.6 Å². The van der Waals surface area contributed by atoms with Crippen molar-refractivity contribution in [2.24, 2.45) is 5.41 Å². The third-order valence-corrected chi connectivity index (χ3v) is 4.77. The predicted molar refractivity (Wildman–Crippen MR) is 74.3 cm³/mol. The van der Waals surface area contributed by atoms with Crippen molar-refractivity contribution >= 4 is 11.9 Å². The van der Waals surface area contributed by atoms with Crippen LogP contribution in [0, 0.1) is 5.41 Å². The lowest BCUT2D eigenvalue weighted by atomic mass is 9.75. The van der Waals surface area contributed by atoms with E-state index in [9.17, 15) is 9.59 Å². The minimum Gasteiger partial charge on any atom is -0.479 e. The predicted octanol–water partition coefficient (Wildman–Crippen LogP) is 2.05. The number of likely N-dealkylation sites (N-methyl/N-ethyl adjacent to an activating group) is 1. The summed E-state index contributed by atoms with van der Waals surface area (Å²) in [4.78, 5) is 25.0. The van der Waals surface area contributed by atoms with Crippen LogP contribution in [0.15, 0.2) is 0 Å². The third-order valence-electron chi connectivity index (χ3n) is 4.77. The Hall–Kier alpha value is -1.10. The van der Waals surface area contributed by atoms with Crippen LogP contribution < -0.4 is 0 Å². The lowest BCUT2D eigenvalue weighted by Gasteiger charge is -2.39. The molecule has 114 valence electrons. The molecule has 0 spiro atoms. The maximum Gasteiger partial charge on any atom is 0.332 e. The molecule has 1 N–H and O–H groups in total. The molecule has 1 heterocycles. The van der Waals surface area contributed by atoms with Gasteiger partial charge in [-0.25, -0.2) is 4.79 Å². The van der Waals surface area contributed by atoms with Crippen LogP contribution in [0.3, 0.4) is 0 Å². The largest absolute Gasteiger partial charge is 0.479 e. The maximum atomic E-state index is 12.4. The SMILES string of the molecule is CN(C(=O)C1CCC(C(=O)O)O1)C1CCC(C)(C)CC1. The Morgan fingerprint density at radius 1 is 1.10 bits per heavy atom. The Balaban J connectivity index is 1.88. The number of carbonyl (C=O) groups is 2. The summed E-state index contributed by atoms with van der Waals surface area (Å²) in [5, 5.41) is 8.91. The molecule has 2 fully saturated rings. The molecule has 1 aliphatic heterocycles. The van der Waals surface area contributed by atoms with E-state index >= 15 is 0 Å². The average molecular weight is 283 g/mol. The van der Waals surface area contributed by atoms with Gasteiger partial charge in [-0.15, -0.1) is 0 Å². The first-order chi connectivity index (χ1) is 9.30. The molecule has 1 saturated heterocycles. The molecule has 5 heteroatoms. The van der Waals surface area contributed by atoms with Gasteiger partial charge < -0.3 is 14.7 Å². The van der Waals surface area contributed by atoms with E-state index in [0.717, 1.165) is 25.7 Å². The molecule has 0 radical (unpaired) electrons. The fourth-order valence-electron chi connectivity index (χ4n) is 3.18. The molecule has 1 saturated carbocycles. The maximum absolute atomic E-state index is 12.4. The molecule has 2 rings (SSSR count). The molecular weight excluding hydrogens is 258 g/mol. The van der Waals surface area contributed by atoms with Gasteiger partial charge in [-0.2, -0.15) is 0 Å². The number of carboxylic acids is 1. The van der Waals surface area contributed by atoms with Crippen molar-refractivity contribution in [3.63, 3.8) is 0 Å². The zero-order chi connectivity index (χ0) is 14.9. The van der Waals surface area contributed by atoms with Gasteiger partial charge in [0.05, 0.1) is 0 Å². The minimum absolute atomic E-state index is 0.0570. The van der Waals surface area contributed by atoms with Crippen LogP contribution in [0.2, 0.25) is 0 Å². The van der Waals surface area contributed by atoms with Crippen molar-refractivity contribution in [3.8, 4) is 0 Å². The summed E-state index contributed by atoms with van der Waals surface area (Å²) in [5.41, 5.74) is 0.374. The second-order valence-corrected chi connectivity index (χ2v) is 6.87. The monoisotopic (exact) mass is 283 g/mol. The molecule has 0 aromatic rings. The number of carbonyl (C=O) groups excluding carboxylic acids is 1. The first-order valence-electron chi connectivity index (χ1n) is 7.45. The van der Waals surface area contributed by atoms with Gasteiger partial charge in [-0.1, -0.05) is 13.8 Å². The van der Waals surface area contributed by atoms with E-state index in [1.54, 1.807) is 4.90 Å². The molecule has 2 aliphatic rings. The highest BCUT2D eigenvalue weighted by molar-refractivity contribution is 5.82. The summed E-state index contributed by atoms with van der Waals surface area (Å²) in [6, 6.07) is 0.267. The van der Waals surface area contributed by atoms with E-state index in [1.165, 1.54) is 0 Å². The van der Waals surface area contributed by atoms with E-state index in [-0.39, 0.29) is 11.9 Å². The Kier molecular flexibility index (Phi) is 4.37. The highest BCUT2D eigenvalue weighted by Crippen LogP contribution is 2.37. The summed E-state index contributed by atoms with van der Waals surface area (Å²) in [6.07, 6.45) is 3.83. The quantitative estimate of drug-likeness (QED) is 0.860. The highest BCUT2D eigenvalue weighted by Gasteiger charge is 2.38. The fourth-order valence-corrected chi connectivity index (χ4v) is 3.18. The normalized spacial score (nSPS) is 30.1. The molecule has 0 aromatic carbocycles. The second kappa shape index (κ2) is 5.72. The highest BCUT2D eigenvalue weighted by atomic mass is 16.5. The molecule has 5 nitrogen and oxygen atoms in total. The molecular formula is C15H25NO4. The van der Waals surface area contributed by atoms with Crippen molar-refractivity contribution in [1.82, 2.24) is 4.90 Å². The summed E-state index contributed by atoms with van der Waals surface area (Å²) >= 11 is 0. The van der Waals surface area contributed by atoms with E-state index in [2.05, 4.69) is 13.8 Å². The van der Waals surface area contributed by atoms with Crippen molar-refractivity contribution < 1.29 is 19.4 Å². The van der Waals surface area contributed by atoms with E-state index in [1.807, 2.05) is 7.05 Å². The van der Waals surface area contributed by atoms with Gasteiger partial charge in [0.15, 0.2) is 6.10 Å². The zero-order valence-electron chi connectivity index (χ0n) is 12.6. The van der Waals surface area contributed by atoms with E-state index < -0.39 is 18.2 Å². The van der Waals surface area contributed by atoms with Gasteiger partial charge in [-0.05, 0) is 43.9 Å². The van der Waals surface area contributed by atoms with Crippen LogP contribution in [0.5, 0.6) is 0 Å². The zero-order valence-corrected chi connectivity index (χ0v) is 12.6. The summed E-state index contributed by atoms with van der Waals surface area (Å²) in [5.74, 6) is -1.03. The number of carboxylic acid groups (broad SMARTS) is 1. The van der Waals surface area contributed by atoms with Gasteiger partial charge in [-0.3, -0.25) is 4.79 Å². The number of ether oxygens (including phenoxy) is 1. The number of hydrogen-bond acceptors (Lipinski definition) is 3. The Morgan fingerprint density at radius 2 is 1.65 bits per heavy atom. The van der Waals surface area contributed by atoms with Crippen molar-refractivity contribution in [1.29, 1.82) is 0 Å². The first kappa shape index (κ1) is 15.3. The Morgan fingerprint density at radius 3 is 2.15 bits per heavy atom. The summed E-state index contributed by atoms with van der Waals surface area (Å²) in [7, 11) is 1.82. The standard InChI is InChI=1S/C15H25NO4/c1-15(2)8-6-10(7-9-15)16(3)13(17)11-4-5-12(20-11)14(18)19/h10-12H,4-9H2,1-3H3,(H,18,19). The van der Waals surface area contributed by atoms with E-state index in [4.69, 9.17) is 9.84 Å². The lowest BCUT2D eigenvalue weighted by Crippen LogP contribution is -2.45. The molecule has 2 atom stereocenters. The lowest BCUT2D eigenvalue weighted by molar-refractivity contribution is -0.155. The fraction of sp³-hybridized carbons (Fsp3) is 0.867. The molecule has 2 unspecified atom stereocenters.